The standard InChI is InChI=1S/C9H9N3O2S2/c1-5(7(10)13)16-9-12-11-8(14-9)6-3-2-4-15-6/h2-5H,1H3,(H2,10,13)/t5-/m0/s1. The van der Waals surface area contributed by atoms with Gasteiger partial charge in [-0.3, -0.25) is 4.79 Å². The smallest absolute Gasteiger partial charge is 0.277 e. The number of primary amides is 1. The van der Waals surface area contributed by atoms with Crippen molar-refractivity contribution >= 4 is 29.0 Å². The molecule has 0 aliphatic heterocycles. The van der Waals surface area contributed by atoms with E-state index in [1.54, 1.807) is 6.92 Å². The molecule has 0 aliphatic carbocycles. The highest BCUT2D eigenvalue weighted by molar-refractivity contribution is 8.00. The Morgan fingerprint density at radius 1 is 1.62 bits per heavy atom. The SMILES string of the molecule is C[C@H](Sc1nnc(-c2cccs2)o1)C(N)=O. The van der Waals surface area contributed by atoms with Crippen molar-refractivity contribution in [2.45, 2.75) is 17.4 Å². The second kappa shape index (κ2) is 4.67. The van der Waals surface area contributed by atoms with E-state index in [9.17, 15) is 4.79 Å². The van der Waals surface area contributed by atoms with Crippen LogP contribution in [0.25, 0.3) is 10.8 Å². The minimum Gasteiger partial charge on any atom is -0.410 e. The van der Waals surface area contributed by atoms with Crippen LogP contribution in [-0.4, -0.2) is 21.4 Å². The van der Waals surface area contributed by atoms with Gasteiger partial charge in [0.2, 0.25) is 5.91 Å². The zero-order chi connectivity index (χ0) is 11.5. The van der Waals surface area contributed by atoms with Gasteiger partial charge in [-0.15, -0.1) is 21.5 Å². The van der Waals surface area contributed by atoms with Crippen LogP contribution in [0.5, 0.6) is 0 Å². The Morgan fingerprint density at radius 3 is 3.06 bits per heavy atom. The minimum absolute atomic E-state index is 0.356. The van der Waals surface area contributed by atoms with E-state index in [0.717, 1.165) is 16.6 Å². The Hall–Kier alpha value is -1.34. The lowest BCUT2D eigenvalue weighted by atomic mass is 10.5. The van der Waals surface area contributed by atoms with Crippen LogP contribution in [0.3, 0.4) is 0 Å². The van der Waals surface area contributed by atoms with Gasteiger partial charge in [0.25, 0.3) is 11.1 Å². The van der Waals surface area contributed by atoms with Gasteiger partial charge in [-0.05, 0) is 18.4 Å². The number of hydrogen-bond acceptors (Lipinski definition) is 6. The third kappa shape index (κ3) is 2.42. The van der Waals surface area contributed by atoms with E-state index in [1.165, 1.54) is 11.3 Å². The second-order valence-corrected chi connectivity index (χ2v) is 5.25. The maximum absolute atomic E-state index is 10.9. The number of carbonyl (C=O) groups excluding carboxylic acids is 1. The summed E-state index contributed by atoms with van der Waals surface area (Å²) < 4.78 is 5.39. The molecule has 0 unspecified atom stereocenters. The highest BCUT2D eigenvalue weighted by Crippen LogP contribution is 2.28. The highest BCUT2D eigenvalue weighted by atomic mass is 32.2. The van der Waals surface area contributed by atoms with Crippen molar-refractivity contribution in [3.8, 4) is 10.8 Å². The molecule has 0 aliphatic rings. The molecule has 7 heteroatoms. The van der Waals surface area contributed by atoms with E-state index in [0.29, 0.717) is 11.1 Å². The fraction of sp³-hybridized carbons (Fsp3) is 0.222. The van der Waals surface area contributed by atoms with E-state index in [-0.39, 0.29) is 5.25 Å². The number of thiophene rings is 1. The average molecular weight is 255 g/mol. The fourth-order valence-corrected chi connectivity index (χ4v) is 2.24. The predicted octanol–water partition coefficient (Wildman–Crippen LogP) is 1.76. The van der Waals surface area contributed by atoms with Gasteiger partial charge in [0.05, 0.1) is 10.1 Å². The van der Waals surface area contributed by atoms with E-state index >= 15 is 0 Å². The molecular formula is C9H9N3O2S2. The molecule has 0 saturated heterocycles. The summed E-state index contributed by atoms with van der Waals surface area (Å²) in [5.41, 5.74) is 5.14. The molecule has 0 spiro atoms. The first kappa shape index (κ1) is 11.2. The first-order valence-corrected chi connectivity index (χ1v) is 6.26. The molecule has 1 atom stereocenters. The van der Waals surface area contributed by atoms with Gasteiger partial charge in [0.1, 0.15) is 0 Å². The van der Waals surface area contributed by atoms with E-state index in [4.69, 9.17) is 10.2 Å². The van der Waals surface area contributed by atoms with Gasteiger partial charge in [-0.2, -0.15) is 0 Å². The number of nitrogens with two attached hydrogens (primary N) is 1. The Labute approximate surface area is 100 Å². The topological polar surface area (TPSA) is 82.0 Å². The number of carbonyl (C=O) groups is 1. The van der Waals surface area contributed by atoms with Crippen LogP contribution in [-0.2, 0) is 4.79 Å². The molecule has 0 saturated carbocycles. The molecule has 84 valence electrons. The van der Waals surface area contributed by atoms with Crippen molar-refractivity contribution in [1.29, 1.82) is 0 Å². The zero-order valence-corrected chi connectivity index (χ0v) is 10.0. The average Bonchev–Trinajstić information content (AvgIpc) is 2.85. The summed E-state index contributed by atoms with van der Waals surface area (Å²) >= 11 is 2.68. The summed E-state index contributed by atoms with van der Waals surface area (Å²) in [6.07, 6.45) is 0. The number of aromatic nitrogens is 2. The van der Waals surface area contributed by atoms with Crippen LogP contribution in [0.15, 0.2) is 27.2 Å². The number of rotatable bonds is 4. The van der Waals surface area contributed by atoms with E-state index < -0.39 is 5.91 Å². The molecule has 2 aromatic rings. The van der Waals surface area contributed by atoms with Gasteiger partial charge in [-0.25, -0.2) is 0 Å². The number of thioether (sulfide) groups is 1. The molecule has 1 amide bonds. The first-order valence-electron chi connectivity index (χ1n) is 4.50. The zero-order valence-electron chi connectivity index (χ0n) is 8.41. The maximum atomic E-state index is 10.9. The van der Waals surface area contributed by atoms with Crippen molar-refractivity contribution in [2.24, 2.45) is 5.73 Å². The molecule has 2 N–H and O–H groups in total. The number of nitrogens with zero attached hydrogens (tertiary/aromatic N) is 2. The number of hydrogen-bond donors (Lipinski definition) is 1. The van der Waals surface area contributed by atoms with Gasteiger partial charge in [-0.1, -0.05) is 17.8 Å². The van der Waals surface area contributed by atoms with Crippen LogP contribution in [0.4, 0.5) is 0 Å². The summed E-state index contributed by atoms with van der Waals surface area (Å²) in [7, 11) is 0. The summed E-state index contributed by atoms with van der Waals surface area (Å²) in [6.45, 7) is 1.70. The summed E-state index contributed by atoms with van der Waals surface area (Å²) in [5, 5.41) is 9.64. The second-order valence-electron chi connectivity index (χ2n) is 3.01. The van der Waals surface area contributed by atoms with Crippen LogP contribution < -0.4 is 5.73 Å². The van der Waals surface area contributed by atoms with Crippen molar-refractivity contribution in [3.63, 3.8) is 0 Å². The monoisotopic (exact) mass is 255 g/mol. The van der Waals surface area contributed by atoms with Gasteiger partial charge >= 0.3 is 0 Å². The van der Waals surface area contributed by atoms with Crippen LogP contribution >= 0.6 is 23.1 Å². The molecule has 0 fully saturated rings. The highest BCUT2D eigenvalue weighted by Gasteiger charge is 2.16. The lowest BCUT2D eigenvalue weighted by Gasteiger charge is -2.00. The lowest BCUT2D eigenvalue weighted by molar-refractivity contribution is -0.117. The summed E-state index contributed by atoms with van der Waals surface area (Å²) in [6, 6.07) is 3.80. The normalized spacial score (nSPS) is 12.6. The third-order valence-corrected chi connectivity index (χ3v) is 3.63. The lowest BCUT2D eigenvalue weighted by Crippen LogP contribution is -2.22. The van der Waals surface area contributed by atoms with Crippen LogP contribution in [0, 0.1) is 0 Å². The van der Waals surface area contributed by atoms with E-state index in [1.807, 2.05) is 17.5 Å². The Morgan fingerprint density at radius 2 is 2.44 bits per heavy atom. The molecule has 0 bridgehead atoms. The fourth-order valence-electron chi connectivity index (χ4n) is 0.967. The molecule has 16 heavy (non-hydrogen) atoms. The minimum atomic E-state index is -0.402. The van der Waals surface area contributed by atoms with Crippen LogP contribution in [0.2, 0.25) is 0 Å². The quantitative estimate of drug-likeness (QED) is 0.842. The predicted molar refractivity (Wildman–Crippen MR) is 62.1 cm³/mol. The van der Waals surface area contributed by atoms with Crippen molar-refractivity contribution < 1.29 is 9.21 Å². The molecule has 0 aromatic carbocycles. The largest absolute Gasteiger partial charge is 0.410 e. The Balaban J connectivity index is 2.11. The third-order valence-electron chi connectivity index (χ3n) is 1.82. The summed E-state index contributed by atoms with van der Waals surface area (Å²) in [5.74, 6) is 0.0649. The van der Waals surface area contributed by atoms with Gasteiger partial charge < -0.3 is 10.2 Å². The molecule has 5 nitrogen and oxygen atoms in total. The number of amides is 1. The molecule has 2 heterocycles. The van der Waals surface area contributed by atoms with Crippen molar-refractivity contribution in [2.75, 3.05) is 0 Å². The van der Waals surface area contributed by atoms with Crippen molar-refractivity contribution in [3.05, 3.63) is 17.5 Å². The van der Waals surface area contributed by atoms with Crippen molar-refractivity contribution in [1.82, 2.24) is 10.2 Å². The van der Waals surface area contributed by atoms with Crippen LogP contribution in [0.1, 0.15) is 6.92 Å². The maximum Gasteiger partial charge on any atom is 0.277 e. The Bertz CT molecular complexity index is 481. The Kier molecular flexibility index (Phi) is 3.25. The van der Waals surface area contributed by atoms with Gasteiger partial charge in [0.15, 0.2) is 0 Å². The van der Waals surface area contributed by atoms with E-state index in [2.05, 4.69) is 10.2 Å². The molecule has 0 radical (unpaired) electrons. The summed E-state index contributed by atoms with van der Waals surface area (Å²) in [4.78, 5) is 11.8. The first-order chi connectivity index (χ1) is 7.66. The molecule has 2 aromatic heterocycles. The molecule has 2 rings (SSSR count). The molecular weight excluding hydrogens is 246 g/mol. The van der Waals surface area contributed by atoms with Gasteiger partial charge in [0, 0.05) is 0 Å².